The van der Waals surface area contributed by atoms with Crippen LogP contribution in [0.4, 0.5) is 5.82 Å². The van der Waals surface area contributed by atoms with Gasteiger partial charge in [-0.1, -0.05) is 18.2 Å². The van der Waals surface area contributed by atoms with Gasteiger partial charge < -0.3 is 10.3 Å². The number of rotatable bonds is 3. The number of fused-ring (bicyclic) bond motifs is 1. The zero-order valence-electron chi connectivity index (χ0n) is 9.75. The number of nitrogen functional groups attached to an aromatic ring is 1. The van der Waals surface area contributed by atoms with Gasteiger partial charge in [-0.2, -0.15) is 5.10 Å². The second kappa shape index (κ2) is 4.49. The number of hydrogen-bond donors (Lipinski definition) is 1. The number of aromatic nitrogens is 3. The standard InChI is InChI=1S/C13H13BrN4/c14-11-9-17(12-4-2-1-3-10(11)12)7-8-18-6-5-13(15)16-18/h1-6,9H,7-8H2,(H2,15,16). The van der Waals surface area contributed by atoms with Crippen LogP contribution in [-0.2, 0) is 13.1 Å². The molecule has 0 amide bonds. The van der Waals surface area contributed by atoms with Gasteiger partial charge in [0.25, 0.3) is 0 Å². The van der Waals surface area contributed by atoms with Crippen LogP contribution in [0, 0.1) is 0 Å². The van der Waals surface area contributed by atoms with Crippen molar-refractivity contribution >= 4 is 32.7 Å². The smallest absolute Gasteiger partial charge is 0.145 e. The summed E-state index contributed by atoms with van der Waals surface area (Å²) >= 11 is 3.58. The van der Waals surface area contributed by atoms with Crippen LogP contribution in [0.15, 0.2) is 47.2 Å². The van der Waals surface area contributed by atoms with E-state index in [-0.39, 0.29) is 0 Å². The number of halogens is 1. The van der Waals surface area contributed by atoms with Crippen molar-refractivity contribution in [3.05, 3.63) is 47.2 Å². The van der Waals surface area contributed by atoms with E-state index in [1.165, 1.54) is 10.9 Å². The van der Waals surface area contributed by atoms with Crippen molar-refractivity contribution in [3.63, 3.8) is 0 Å². The van der Waals surface area contributed by atoms with Crippen molar-refractivity contribution in [2.45, 2.75) is 13.1 Å². The zero-order valence-corrected chi connectivity index (χ0v) is 11.3. The summed E-state index contributed by atoms with van der Waals surface area (Å²) in [5.74, 6) is 0.563. The Kier molecular flexibility index (Phi) is 2.83. The Morgan fingerprint density at radius 3 is 2.78 bits per heavy atom. The quantitative estimate of drug-likeness (QED) is 0.809. The Labute approximate surface area is 113 Å². The van der Waals surface area contributed by atoms with E-state index in [4.69, 9.17) is 5.73 Å². The summed E-state index contributed by atoms with van der Waals surface area (Å²) in [7, 11) is 0. The number of nitrogens with two attached hydrogens (primary N) is 1. The number of hydrogen-bond acceptors (Lipinski definition) is 2. The first-order chi connectivity index (χ1) is 8.74. The van der Waals surface area contributed by atoms with E-state index in [0.717, 1.165) is 17.6 Å². The van der Waals surface area contributed by atoms with Crippen LogP contribution < -0.4 is 5.73 Å². The molecule has 18 heavy (non-hydrogen) atoms. The summed E-state index contributed by atoms with van der Waals surface area (Å²) in [6.45, 7) is 1.68. The molecule has 4 nitrogen and oxygen atoms in total. The van der Waals surface area contributed by atoms with E-state index in [1.54, 1.807) is 0 Å². The van der Waals surface area contributed by atoms with Gasteiger partial charge in [-0.3, -0.25) is 4.68 Å². The van der Waals surface area contributed by atoms with E-state index < -0.39 is 0 Å². The third-order valence-corrected chi connectivity index (χ3v) is 3.60. The fraction of sp³-hybridized carbons (Fsp3) is 0.154. The van der Waals surface area contributed by atoms with Crippen LogP contribution in [0.25, 0.3) is 10.9 Å². The monoisotopic (exact) mass is 304 g/mol. The van der Waals surface area contributed by atoms with Crippen molar-refractivity contribution in [3.8, 4) is 0 Å². The molecule has 92 valence electrons. The highest BCUT2D eigenvalue weighted by Gasteiger charge is 2.05. The van der Waals surface area contributed by atoms with Crippen LogP contribution in [0.1, 0.15) is 0 Å². The Balaban J connectivity index is 1.86. The second-order valence-corrected chi connectivity index (χ2v) is 5.05. The first-order valence-electron chi connectivity index (χ1n) is 5.76. The molecule has 2 aromatic heterocycles. The van der Waals surface area contributed by atoms with Gasteiger partial charge >= 0.3 is 0 Å². The first-order valence-corrected chi connectivity index (χ1v) is 6.55. The highest BCUT2D eigenvalue weighted by atomic mass is 79.9. The predicted octanol–water partition coefficient (Wildman–Crippen LogP) is 2.88. The van der Waals surface area contributed by atoms with E-state index in [0.29, 0.717) is 5.82 Å². The van der Waals surface area contributed by atoms with Crippen LogP contribution in [0.3, 0.4) is 0 Å². The Bertz CT molecular complexity index is 683. The fourth-order valence-corrected chi connectivity index (χ4v) is 2.68. The van der Waals surface area contributed by atoms with Crippen LogP contribution in [0.2, 0.25) is 0 Å². The predicted molar refractivity (Wildman–Crippen MR) is 76.3 cm³/mol. The maximum absolute atomic E-state index is 5.60. The number of anilines is 1. The Morgan fingerprint density at radius 2 is 2.00 bits per heavy atom. The summed E-state index contributed by atoms with van der Waals surface area (Å²) in [4.78, 5) is 0. The molecule has 0 aliphatic heterocycles. The molecule has 0 unspecified atom stereocenters. The fourth-order valence-electron chi connectivity index (χ4n) is 2.10. The van der Waals surface area contributed by atoms with Crippen LogP contribution in [0.5, 0.6) is 0 Å². The first kappa shape index (κ1) is 11.3. The minimum absolute atomic E-state index is 0.563. The molecule has 0 aliphatic carbocycles. The average molecular weight is 305 g/mol. The topological polar surface area (TPSA) is 48.8 Å². The Morgan fingerprint density at radius 1 is 1.17 bits per heavy atom. The van der Waals surface area contributed by atoms with Gasteiger partial charge in [0, 0.05) is 34.3 Å². The van der Waals surface area contributed by atoms with Crippen molar-refractivity contribution < 1.29 is 0 Å². The van der Waals surface area contributed by atoms with Gasteiger partial charge in [0.2, 0.25) is 0 Å². The van der Waals surface area contributed by atoms with Crippen molar-refractivity contribution in [2.75, 3.05) is 5.73 Å². The van der Waals surface area contributed by atoms with E-state index >= 15 is 0 Å². The summed E-state index contributed by atoms with van der Waals surface area (Å²) in [6, 6.07) is 10.1. The molecule has 2 heterocycles. The molecular weight excluding hydrogens is 292 g/mol. The number of benzene rings is 1. The highest BCUT2D eigenvalue weighted by molar-refractivity contribution is 9.10. The average Bonchev–Trinajstić information content (AvgIpc) is 2.92. The number of para-hydroxylation sites is 1. The largest absolute Gasteiger partial charge is 0.382 e. The SMILES string of the molecule is Nc1ccn(CCn2cc(Br)c3ccccc32)n1. The minimum Gasteiger partial charge on any atom is -0.382 e. The second-order valence-electron chi connectivity index (χ2n) is 4.19. The molecular formula is C13H13BrN4. The van der Waals surface area contributed by atoms with Crippen molar-refractivity contribution in [1.29, 1.82) is 0 Å². The van der Waals surface area contributed by atoms with E-state index in [2.05, 4.69) is 50.0 Å². The summed E-state index contributed by atoms with van der Waals surface area (Å²) < 4.78 is 5.20. The van der Waals surface area contributed by atoms with Gasteiger partial charge in [-0.25, -0.2) is 0 Å². The molecule has 0 bridgehead atoms. The minimum atomic E-state index is 0.563. The third kappa shape index (κ3) is 2.01. The molecule has 3 rings (SSSR count). The van der Waals surface area contributed by atoms with Crippen LogP contribution >= 0.6 is 15.9 Å². The summed E-state index contributed by atoms with van der Waals surface area (Å²) in [5.41, 5.74) is 6.82. The lowest BCUT2D eigenvalue weighted by Gasteiger charge is -2.05. The third-order valence-electron chi connectivity index (χ3n) is 2.97. The van der Waals surface area contributed by atoms with Gasteiger partial charge in [0.05, 0.1) is 6.54 Å². The molecule has 3 aromatic rings. The van der Waals surface area contributed by atoms with Gasteiger partial charge in [-0.05, 0) is 28.1 Å². The normalized spacial score (nSPS) is 11.2. The van der Waals surface area contributed by atoms with Crippen molar-refractivity contribution in [2.24, 2.45) is 0 Å². The van der Waals surface area contributed by atoms with Crippen LogP contribution in [-0.4, -0.2) is 14.3 Å². The number of aryl methyl sites for hydroxylation is 2. The summed E-state index contributed by atoms with van der Waals surface area (Å²) in [6.07, 6.45) is 4.01. The Hall–Kier alpha value is -1.75. The van der Waals surface area contributed by atoms with E-state index in [9.17, 15) is 0 Å². The van der Waals surface area contributed by atoms with Crippen molar-refractivity contribution in [1.82, 2.24) is 14.3 Å². The highest BCUT2D eigenvalue weighted by Crippen LogP contribution is 2.25. The van der Waals surface area contributed by atoms with Gasteiger partial charge in [0.15, 0.2) is 0 Å². The lowest BCUT2D eigenvalue weighted by atomic mass is 10.2. The maximum atomic E-state index is 5.60. The molecule has 0 saturated heterocycles. The molecule has 0 radical (unpaired) electrons. The molecule has 5 heteroatoms. The maximum Gasteiger partial charge on any atom is 0.145 e. The lowest BCUT2D eigenvalue weighted by molar-refractivity contribution is 0.544. The molecule has 2 N–H and O–H groups in total. The summed E-state index contributed by atoms with van der Waals surface area (Å²) in [5, 5.41) is 5.42. The lowest BCUT2D eigenvalue weighted by Crippen LogP contribution is -2.07. The molecule has 0 saturated carbocycles. The molecule has 0 atom stereocenters. The van der Waals surface area contributed by atoms with Gasteiger partial charge in [-0.15, -0.1) is 0 Å². The molecule has 0 fully saturated rings. The van der Waals surface area contributed by atoms with Gasteiger partial charge in [0.1, 0.15) is 5.82 Å². The number of nitrogens with zero attached hydrogens (tertiary/aromatic N) is 3. The zero-order chi connectivity index (χ0) is 12.5. The molecule has 0 aliphatic rings. The molecule has 1 aromatic carbocycles. The van der Waals surface area contributed by atoms with E-state index in [1.807, 2.05) is 23.0 Å². The molecule has 0 spiro atoms.